The average molecular weight is 445 g/mol. The van der Waals surface area contributed by atoms with Gasteiger partial charge in [-0.3, -0.25) is 9.59 Å². The number of halogens is 5. The molecular weight excluding hydrogens is 434 g/mol. The molecule has 0 aliphatic heterocycles. The number of amides is 2. The number of aromatic amines is 1. The molecular formula is C17H11Cl2F3N5O2+. The van der Waals surface area contributed by atoms with Crippen LogP contribution in [0.15, 0.2) is 42.6 Å². The first-order valence-corrected chi connectivity index (χ1v) is 8.58. The van der Waals surface area contributed by atoms with Crippen molar-refractivity contribution in [2.24, 2.45) is 5.73 Å². The van der Waals surface area contributed by atoms with Gasteiger partial charge in [0.2, 0.25) is 5.69 Å². The summed E-state index contributed by atoms with van der Waals surface area (Å²) in [5.41, 5.74) is 3.35. The Morgan fingerprint density at radius 3 is 2.45 bits per heavy atom. The minimum Gasteiger partial charge on any atom is -0.365 e. The molecule has 3 rings (SSSR count). The van der Waals surface area contributed by atoms with Crippen molar-refractivity contribution >= 4 is 40.7 Å². The summed E-state index contributed by atoms with van der Waals surface area (Å²) in [6, 6.07) is 7.61. The van der Waals surface area contributed by atoms with Crippen molar-refractivity contribution in [3.8, 4) is 5.82 Å². The number of hydrogen-bond donors (Lipinski definition) is 3. The zero-order valence-electron chi connectivity index (χ0n) is 14.2. The Morgan fingerprint density at radius 1 is 1.14 bits per heavy atom. The number of aromatic nitrogens is 3. The van der Waals surface area contributed by atoms with Crippen LogP contribution < -0.4 is 15.7 Å². The minimum atomic E-state index is -4.77. The first-order chi connectivity index (χ1) is 13.6. The molecule has 7 nitrogen and oxygen atoms in total. The van der Waals surface area contributed by atoms with Crippen molar-refractivity contribution < 1.29 is 27.4 Å². The molecule has 4 N–H and O–H groups in total. The molecule has 0 unspecified atom stereocenters. The zero-order valence-corrected chi connectivity index (χ0v) is 15.7. The van der Waals surface area contributed by atoms with Crippen LogP contribution in [0.2, 0.25) is 10.0 Å². The quantitative estimate of drug-likeness (QED) is 0.537. The van der Waals surface area contributed by atoms with Gasteiger partial charge in [0.25, 0.3) is 11.8 Å². The molecule has 0 aliphatic rings. The van der Waals surface area contributed by atoms with Gasteiger partial charge in [0.15, 0.2) is 5.69 Å². The van der Waals surface area contributed by atoms with Crippen LogP contribution in [-0.4, -0.2) is 21.9 Å². The highest BCUT2D eigenvalue weighted by Crippen LogP contribution is 2.29. The van der Waals surface area contributed by atoms with Crippen molar-refractivity contribution in [3.63, 3.8) is 0 Å². The second-order valence-corrected chi connectivity index (χ2v) is 6.49. The highest BCUT2D eigenvalue weighted by Gasteiger charge is 2.38. The number of hydrogen-bond acceptors (Lipinski definition) is 3. The van der Waals surface area contributed by atoms with E-state index < -0.39 is 29.4 Å². The summed E-state index contributed by atoms with van der Waals surface area (Å²) < 4.78 is 40.4. The molecule has 2 aromatic heterocycles. The van der Waals surface area contributed by atoms with Crippen LogP contribution in [0.4, 0.5) is 18.9 Å². The van der Waals surface area contributed by atoms with E-state index in [4.69, 9.17) is 28.9 Å². The molecule has 0 atom stereocenters. The van der Waals surface area contributed by atoms with Crippen LogP contribution in [-0.2, 0) is 6.18 Å². The summed E-state index contributed by atoms with van der Waals surface area (Å²) in [7, 11) is 0. The predicted molar refractivity (Wildman–Crippen MR) is 98.1 cm³/mol. The van der Waals surface area contributed by atoms with Crippen LogP contribution in [0.3, 0.4) is 0 Å². The Hall–Kier alpha value is -3.11. The van der Waals surface area contributed by atoms with Gasteiger partial charge >= 0.3 is 12.0 Å². The number of anilines is 1. The predicted octanol–water partition coefficient (Wildman–Crippen LogP) is 3.36. The van der Waals surface area contributed by atoms with Gasteiger partial charge in [-0.05, 0) is 29.2 Å². The fourth-order valence-corrected chi connectivity index (χ4v) is 2.97. The smallest absolute Gasteiger partial charge is 0.365 e. The first-order valence-electron chi connectivity index (χ1n) is 7.82. The summed E-state index contributed by atoms with van der Waals surface area (Å²) in [6.07, 6.45) is -3.47. The second kappa shape index (κ2) is 7.72. The molecule has 3 aromatic rings. The van der Waals surface area contributed by atoms with E-state index in [2.05, 4.69) is 15.4 Å². The highest BCUT2D eigenvalue weighted by molar-refractivity contribution is 6.34. The molecule has 150 valence electrons. The summed E-state index contributed by atoms with van der Waals surface area (Å²) >= 11 is 11.9. The molecule has 0 fully saturated rings. The Labute approximate surface area is 171 Å². The van der Waals surface area contributed by atoms with E-state index in [-0.39, 0.29) is 27.1 Å². The van der Waals surface area contributed by atoms with Gasteiger partial charge < -0.3 is 11.1 Å². The molecule has 0 spiro atoms. The van der Waals surface area contributed by atoms with Crippen molar-refractivity contribution in [1.82, 2.24) is 10.1 Å². The molecule has 0 saturated carbocycles. The fraction of sp³-hybridized carbons (Fsp3) is 0.0588. The summed E-state index contributed by atoms with van der Waals surface area (Å²) in [5, 5.41) is 4.38. The van der Waals surface area contributed by atoms with E-state index in [1.165, 1.54) is 36.5 Å². The van der Waals surface area contributed by atoms with Crippen molar-refractivity contribution in [1.29, 1.82) is 0 Å². The molecule has 29 heavy (non-hydrogen) atoms. The van der Waals surface area contributed by atoms with Crippen LogP contribution in [0, 0.1) is 0 Å². The van der Waals surface area contributed by atoms with Crippen molar-refractivity contribution in [3.05, 3.63) is 69.6 Å². The van der Waals surface area contributed by atoms with Crippen LogP contribution in [0.25, 0.3) is 5.82 Å². The lowest BCUT2D eigenvalue weighted by Gasteiger charge is -2.09. The van der Waals surface area contributed by atoms with Gasteiger partial charge in [-0.25, -0.2) is 5.10 Å². The fourth-order valence-electron chi connectivity index (χ4n) is 2.50. The zero-order chi connectivity index (χ0) is 21.3. The first kappa shape index (κ1) is 20.6. The molecule has 12 heteroatoms. The third-order valence-electron chi connectivity index (χ3n) is 3.75. The van der Waals surface area contributed by atoms with Crippen LogP contribution >= 0.6 is 23.2 Å². The van der Waals surface area contributed by atoms with Crippen molar-refractivity contribution in [2.75, 3.05) is 5.32 Å². The average Bonchev–Trinajstić information content (AvgIpc) is 3.07. The maximum Gasteiger partial charge on any atom is 0.434 e. The second-order valence-electron chi connectivity index (χ2n) is 5.68. The number of nitrogens with zero attached hydrogens (tertiary/aromatic N) is 2. The SMILES string of the molecule is NC(=O)c1c(Cl)cccc1NC(=O)c1cc(C(F)(F)F)[nH][n+]1-c1ncccc1Cl. The number of carbonyl (C=O) groups is 2. The Bertz CT molecular complexity index is 1110. The third-order valence-corrected chi connectivity index (χ3v) is 4.36. The number of primary amides is 1. The number of pyridine rings is 1. The number of alkyl halides is 3. The Balaban J connectivity index is 2.10. The molecule has 0 radical (unpaired) electrons. The van der Waals surface area contributed by atoms with Gasteiger partial charge in [-0.2, -0.15) is 13.2 Å². The lowest BCUT2D eigenvalue weighted by atomic mass is 10.1. The van der Waals surface area contributed by atoms with Gasteiger partial charge in [0, 0.05) is 6.07 Å². The van der Waals surface area contributed by atoms with Crippen molar-refractivity contribution in [2.45, 2.75) is 6.18 Å². The molecule has 0 aliphatic carbocycles. The van der Waals surface area contributed by atoms with Crippen LogP contribution in [0.1, 0.15) is 26.5 Å². The number of H-pyrrole nitrogens is 1. The Morgan fingerprint density at radius 2 is 1.83 bits per heavy atom. The molecule has 0 bridgehead atoms. The molecule has 2 heterocycles. The number of nitrogens with two attached hydrogens (primary N) is 1. The van der Waals surface area contributed by atoms with Gasteiger partial charge in [-0.1, -0.05) is 29.3 Å². The largest absolute Gasteiger partial charge is 0.434 e. The van der Waals surface area contributed by atoms with Gasteiger partial charge in [0.05, 0.1) is 16.3 Å². The van der Waals surface area contributed by atoms with E-state index in [1.54, 1.807) is 0 Å². The molecule has 0 saturated heterocycles. The Kier molecular flexibility index (Phi) is 5.49. The van der Waals surface area contributed by atoms with E-state index in [0.717, 1.165) is 4.68 Å². The summed E-state index contributed by atoms with van der Waals surface area (Å²) in [4.78, 5) is 28.3. The number of nitrogens with one attached hydrogen (secondary N) is 2. The van der Waals surface area contributed by atoms with E-state index >= 15 is 0 Å². The minimum absolute atomic E-state index is 0.00250. The van der Waals surface area contributed by atoms with Crippen LogP contribution in [0.5, 0.6) is 0 Å². The maximum absolute atomic E-state index is 13.2. The summed E-state index contributed by atoms with van der Waals surface area (Å²) in [6.45, 7) is 0. The van der Waals surface area contributed by atoms with E-state index in [9.17, 15) is 22.8 Å². The standard InChI is InChI=1S/C17H10Cl2F3N5O2/c18-8-3-1-5-10(13(8)14(23)28)25-16(29)11-7-12(17(20,21)22)26-27(11)15-9(19)4-2-6-24-15/h1-7H,(H3,23,25,28,29)/p+1. The van der Waals surface area contributed by atoms with Gasteiger partial charge in [-0.15, -0.1) is 4.68 Å². The third kappa shape index (κ3) is 4.17. The number of rotatable bonds is 4. The topological polar surface area (TPSA) is 105 Å². The highest BCUT2D eigenvalue weighted by atomic mass is 35.5. The number of benzene rings is 1. The summed E-state index contributed by atoms with van der Waals surface area (Å²) in [5.74, 6) is -2.03. The maximum atomic E-state index is 13.2. The normalized spacial score (nSPS) is 11.3. The monoisotopic (exact) mass is 444 g/mol. The molecule has 2 amide bonds. The lowest BCUT2D eigenvalue weighted by Crippen LogP contribution is -2.42. The molecule has 1 aromatic carbocycles. The number of carbonyl (C=O) groups excluding carboxylic acids is 2. The van der Waals surface area contributed by atoms with E-state index in [0.29, 0.717) is 6.07 Å². The van der Waals surface area contributed by atoms with Gasteiger partial charge in [0.1, 0.15) is 11.2 Å². The van der Waals surface area contributed by atoms with E-state index in [1.807, 2.05) is 0 Å². The lowest BCUT2D eigenvalue weighted by molar-refractivity contribution is -0.661.